The normalized spacial score (nSPS) is 11.0. The fourth-order valence-corrected chi connectivity index (χ4v) is 3.98. The van der Waals surface area contributed by atoms with E-state index in [9.17, 15) is 17.6 Å². The maximum Gasteiger partial charge on any atom is 0.265 e. The van der Waals surface area contributed by atoms with Crippen LogP contribution in [0.4, 0.5) is 10.1 Å². The molecule has 2 aromatic carbocycles. The van der Waals surface area contributed by atoms with Gasteiger partial charge in [0, 0.05) is 19.7 Å². The Morgan fingerprint density at radius 1 is 1.07 bits per heavy atom. The highest BCUT2D eigenvalue weighted by atomic mass is 32.2. The van der Waals surface area contributed by atoms with Crippen LogP contribution in [0.3, 0.4) is 0 Å². The molecule has 10 heteroatoms. The van der Waals surface area contributed by atoms with Gasteiger partial charge in [-0.1, -0.05) is 12.1 Å². The molecule has 1 amide bonds. The van der Waals surface area contributed by atoms with Crippen molar-refractivity contribution in [1.82, 2.24) is 5.32 Å². The average molecular weight is 426 g/mol. The number of anilines is 1. The molecule has 1 N–H and O–H groups in total. The van der Waals surface area contributed by atoms with Gasteiger partial charge in [-0.15, -0.1) is 0 Å². The highest BCUT2D eigenvalue weighted by Crippen LogP contribution is 2.32. The van der Waals surface area contributed by atoms with E-state index in [-0.39, 0.29) is 29.5 Å². The second-order valence-corrected chi connectivity index (χ2v) is 7.68. The molecule has 0 saturated heterocycles. The van der Waals surface area contributed by atoms with Crippen LogP contribution in [0.1, 0.15) is 0 Å². The minimum Gasteiger partial charge on any atom is -0.493 e. The summed E-state index contributed by atoms with van der Waals surface area (Å²) in [6.07, 6.45) is 0. The molecule has 0 spiro atoms. The number of amides is 1. The van der Waals surface area contributed by atoms with Crippen molar-refractivity contribution in [2.24, 2.45) is 0 Å². The average Bonchev–Trinajstić information content (AvgIpc) is 2.72. The Labute approximate surface area is 169 Å². The smallest absolute Gasteiger partial charge is 0.265 e. The minimum atomic E-state index is -4.29. The minimum absolute atomic E-state index is 0.178. The van der Waals surface area contributed by atoms with Crippen LogP contribution in [-0.2, 0) is 19.6 Å². The third kappa shape index (κ3) is 5.36. The molecular weight excluding hydrogens is 403 g/mol. The lowest BCUT2D eigenvalue weighted by Crippen LogP contribution is -2.42. The van der Waals surface area contributed by atoms with Crippen LogP contribution in [0.2, 0.25) is 0 Å². The summed E-state index contributed by atoms with van der Waals surface area (Å²) in [5, 5.41) is 2.53. The predicted molar refractivity (Wildman–Crippen MR) is 105 cm³/mol. The van der Waals surface area contributed by atoms with Gasteiger partial charge in [-0.2, -0.15) is 0 Å². The van der Waals surface area contributed by atoms with Gasteiger partial charge in [0.25, 0.3) is 10.0 Å². The van der Waals surface area contributed by atoms with Crippen molar-refractivity contribution in [2.75, 3.05) is 45.3 Å². The van der Waals surface area contributed by atoms with E-state index in [4.69, 9.17) is 14.2 Å². The third-order valence-corrected chi connectivity index (χ3v) is 5.74. The predicted octanol–water partition coefficient (Wildman–Crippen LogP) is 1.80. The lowest BCUT2D eigenvalue weighted by atomic mass is 10.3. The first kappa shape index (κ1) is 22.4. The van der Waals surface area contributed by atoms with E-state index in [0.717, 1.165) is 6.07 Å². The number of hydrogen-bond donors (Lipinski definition) is 1. The number of methoxy groups -OCH3 is 3. The summed E-state index contributed by atoms with van der Waals surface area (Å²) in [4.78, 5) is 12.1. The maximum absolute atomic E-state index is 14.4. The Hall–Kier alpha value is -2.85. The summed E-state index contributed by atoms with van der Waals surface area (Å²) in [6.45, 7) is -0.161. The largest absolute Gasteiger partial charge is 0.493 e. The molecule has 0 aliphatic heterocycles. The molecule has 2 rings (SSSR count). The van der Waals surface area contributed by atoms with Crippen LogP contribution in [-0.4, -0.2) is 55.4 Å². The monoisotopic (exact) mass is 426 g/mol. The number of benzene rings is 2. The van der Waals surface area contributed by atoms with Crippen molar-refractivity contribution >= 4 is 21.6 Å². The highest BCUT2D eigenvalue weighted by Gasteiger charge is 2.30. The molecule has 0 unspecified atom stereocenters. The van der Waals surface area contributed by atoms with Gasteiger partial charge in [0.05, 0.1) is 31.4 Å². The van der Waals surface area contributed by atoms with Crippen molar-refractivity contribution in [3.8, 4) is 11.5 Å². The Bertz CT molecular complexity index is 951. The second kappa shape index (κ2) is 10.1. The zero-order valence-electron chi connectivity index (χ0n) is 16.3. The summed E-state index contributed by atoms with van der Waals surface area (Å²) in [5.41, 5.74) is -0.246. The third-order valence-electron chi connectivity index (χ3n) is 3.98. The molecule has 0 aromatic heterocycles. The Morgan fingerprint density at radius 2 is 1.76 bits per heavy atom. The van der Waals surface area contributed by atoms with Gasteiger partial charge in [-0.05, 0) is 24.3 Å². The van der Waals surface area contributed by atoms with E-state index in [2.05, 4.69) is 5.32 Å². The van der Waals surface area contributed by atoms with E-state index in [1.54, 1.807) is 0 Å². The fraction of sp³-hybridized carbons (Fsp3) is 0.316. The van der Waals surface area contributed by atoms with Crippen molar-refractivity contribution in [2.45, 2.75) is 4.90 Å². The lowest BCUT2D eigenvalue weighted by Gasteiger charge is -2.24. The number of carbonyl (C=O) groups is 1. The molecule has 2 aromatic rings. The Kier molecular flexibility index (Phi) is 7.80. The Balaban J connectivity index is 2.46. The van der Waals surface area contributed by atoms with Gasteiger partial charge in [0.2, 0.25) is 5.91 Å². The number of hydrogen-bond acceptors (Lipinski definition) is 6. The number of nitrogens with one attached hydrogen (secondary N) is 1. The van der Waals surface area contributed by atoms with E-state index in [1.807, 2.05) is 0 Å². The summed E-state index contributed by atoms with van der Waals surface area (Å²) in [5.74, 6) is -0.858. The van der Waals surface area contributed by atoms with Gasteiger partial charge in [0.15, 0.2) is 11.5 Å². The number of ether oxygens (including phenoxy) is 3. The number of para-hydroxylation sites is 1. The molecule has 0 fully saturated rings. The van der Waals surface area contributed by atoms with Crippen LogP contribution < -0.4 is 19.1 Å². The van der Waals surface area contributed by atoms with Crippen molar-refractivity contribution in [3.63, 3.8) is 0 Å². The van der Waals surface area contributed by atoms with Crippen molar-refractivity contribution < 1.29 is 31.8 Å². The van der Waals surface area contributed by atoms with Crippen molar-refractivity contribution in [1.29, 1.82) is 0 Å². The Morgan fingerprint density at radius 3 is 2.38 bits per heavy atom. The van der Waals surface area contributed by atoms with Gasteiger partial charge in [0.1, 0.15) is 12.4 Å². The number of nitrogens with zero attached hydrogens (tertiary/aromatic N) is 1. The zero-order valence-corrected chi connectivity index (χ0v) is 17.2. The quantitative estimate of drug-likeness (QED) is 0.583. The molecule has 8 nitrogen and oxygen atoms in total. The van der Waals surface area contributed by atoms with E-state index in [0.29, 0.717) is 10.1 Å². The van der Waals surface area contributed by atoms with Gasteiger partial charge < -0.3 is 19.5 Å². The maximum atomic E-state index is 14.4. The van der Waals surface area contributed by atoms with Crippen LogP contribution in [0, 0.1) is 5.82 Å². The highest BCUT2D eigenvalue weighted by molar-refractivity contribution is 7.92. The molecule has 158 valence electrons. The number of rotatable bonds is 10. The van der Waals surface area contributed by atoms with Gasteiger partial charge in [-0.3, -0.25) is 9.10 Å². The first-order chi connectivity index (χ1) is 13.8. The first-order valence-electron chi connectivity index (χ1n) is 8.60. The molecule has 0 radical (unpaired) electrons. The topological polar surface area (TPSA) is 94.2 Å². The standard InChI is InChI=1S/C19H23FN2O6S/c1-26-11-10-21-19(23)13-22(16-7-5-4-6-15(16)20)29(24,25)14-8-9-17(27-2)18(12-14)28-3/h4-9,12H,10-11,13H2,1-3H3,(H,21,23). The number of halogens is 1. The molecule has 29 heavy (non-hydrogen) atoms. The molecular formula is C19H23FN2O6S. The van der Waals surface area contributed by atoms with Crippen LogP contribution in [0.15, 0.2) is 47.4 Å². The lowest BCUT2D eigenvalue weighted by molar-refractivity contribution is -0.119. The zero-order chi connectivity index (χ0) is 21.4. The molecule has 0 saturated carbocycles. The van der Waals surface area contributed by atoms with Crippen LogP contribution >= 0.6 is 0 Å². The fourth-order valence-electron chi connectivity index (χ4n) is 2.54. The summed E-state index contributed by atoms with van der Waals surface area (Å²) < 4.78 is 56.8. The van der Waals surface area contributed by atoms with E-state index in [1.165, 1.54) is 57.7 Å². The first-order valence-corrected chi connectivity index (χ1v) is 10.0. The molecule has 0 aliphatic carbocycles. The molecule has 0 atom stereocenters. The number of sulfonamides is 1. The van der Waals surface area contributed by atoms with Crippen LogP contribution in [0.5, 0.6) is 11.5 Å². The van der Waals surface area contributed by atoms with Crippen molar-refractivity contribution in [3.05, 3.63) is 48.3 Å². The molecule has 0 aliphatic rings. The molecule has 0 heterocycles. The SMILES string of the molecule is COCCNC(=O)CN(c1ccccc1F)S(=O)(=O)c1ccc(OC)c(OC)c1. The summed E-state index contributed by atoms with van der Waals surface area (Å²) >= 11 is 0. The number of carbonyl (C=O) groups excluding carboxylic acids is 1. The summed E-state index contributed by atoms with van der Waals surface area (Å²) in [7, 11) is -0.0367. The molecule has 0 bridgehead atoms. The van der Waals surface area contributed by atoms with E-state index < -0.39 is 28.3 Å². The van der Waals surface area contributed by atoms with Crippen LogP contribution in [0.25, 0.3) is 0 Å². The van der Waals surface area contributed by atoms with E-state index >= 15 is 0 Å². The van der Waals surface area contributed by atoms with Gasteiger partial charge >= 0.3 is 0 Å². The van der Waals surface area contributed by atoms with Gasteiger partial charge in [-0.25, -0.2) is 12.8 Å². The summed E-state index contributed by atoms with van der Waals surface area (Å²) in [6, 6.07) is 9.30. The second-order valence-electron chi connectivity index (χ2n) is 5.82.